The van der Waals surface area contributed by atoms with Gasteiger partial charge in [0, 0.05) is 27.9 Å². The summed E-state index contributed by atoms with van der Waals surface area (Å²) in [5, 5.41) is 0. The lowest BCUT2D eigenvalue weighted by Crippen LogP contribution is -2.25. The second-order valence-electron chi connectivity index (χ2n) is 18.5. The average Bonchev–Trinajstić information content (AvgIpc) is 3.97. The highest BCUT2D eigenvalue weighted by Gasteiger charge is 2.51. The third kappa shape index (κ3) is 4.53. The molecule has 0 N–H and O–H groups in total. The van der Waals surface area contributed by atoms with Gasteiger partial charge in [-0.25, -0.2) is 0 Å². The van der Waals surface area contributed by atoms with E-state index in [0.717, 1.165) is 39.2 Å². The van der Waals surface area contributed by atoms with Crippen molar-refractivity contribution in [2.75, 3.05) is 4.90 Å². The van der Waals surface area contributed by atoms with E-state index in [1.807, 2.05) is 11.0 Å². The summed E-state index contributed by atoms with van der Waals surface area (Å²) in [6.45, 7) is 9.03. The SMILES string of the molecule is [2H]c1c([2H])c(N(c2ccc3c(c2)C(C)(C)c2ccccc2-3)c2ccc3c(c2)C(C)(C)c2ccccc2-3)c([2H])c([2H])c1-c1ccc2c(c1)C1(c3ccccc3-c3ccccc31)c1ccccc1-2. The van der Waals surface area contributed by atoms with Crippen LogP contribution >= 0.6 is 0 Å². The minimum absolute atomic E-state index is 0.0736. The monoisotopic (exact) mass is 795 g/mol. The van der Waals surface area contributed by atoms with Crippen molar-refractivity contribution in [2.24, 2.45) is 0 Å². The predicted octanol–water partition coefficient (Wildman–Crippen LogP) is 15.8. The van der Waals surface area contributed by atoms with Crippen molar-refractivity contribution in [1.29, 1.82) is 0 Å². The molecule has 1 spiro atoms. The summed E-state index contributed by atoms with van der Waals surface area (Å²) in [6, 6.07) is 62.0. The van der Waals surface area contributed by atoms with Gasteiger partial charge in [-0.2, -0.15) is 0 Å². The molecule has 0 aliphatic heterocycles. The molecule has 9 aromatic carbocycles. The van der Waals surface area contributed by atoms with E-state index >= 15 is 0 Å². The van der Waals surface area contributed by atoms with Gasteiger partial charge >= 0.3 is 0 Å². The van der Waals surface area contributed by atoms with Gasteiger partial charge in [-0.1, -0.05) is 185 Å². The Hall–Kier alpha value is -7.22. The number of benzene rings is 9. The molecule has 0 unspecified atom stereocenters. The van der Waals surface area contributed by atoms with Crippen LogP contribution in [0.25, 0.3) is 55.6 Å². The number of fused-ring (bicyclic) bond motifs is 16. The average molecular weight is 796 g/mol. The molecule has 1 nitrogen and oxygen atoms in total. The summed E-state index contributed by atoms with van der Waals surface area (Å²) >= 11 is 0. The first-order valence-corrected chi connectivity index (χ1v) is 21.8. The first-order chi connectivity index (χ1) is 31.9. The standard InChI is InChI=1S/C61H45N/c1-59(2)51-20-10-5-15-43(51)48-33-30-41(36-56(48)59)62(42-31-34-49-44-16-6-11-21-52(44)60(3,4)57(49)37-42)40-28-25-38(26-29-40)39-27-32-50-47-19-9-14-24-55(47)61(58(50)35-39)53-22-12-7-17-45(53)46-18-8-13-23-54(46)61/h5-37H,1-4H3/i25D,26D,28D,29D. The van der Waals surface area contributed by atoms with Gasteiger partial charge in [0.25, 0.3) is 0 Å². The van der Waals surface area contributed by atoms with Gasteiger partial charge in [-0.05, 0) is 143 Å². The number of nitrogens with zero attached hydrogens (tertiary/aromatic N) is 1. The molecule has 4 aliphatic rings. The quantitative estimate of drug-likeness (QED) is 0.171. The van der Waals surface area contributed by atoms with Gasteiger partial charge in [0.05, 0.1) is 10.9 Å². The lowest BCUT2D eigenvalue weighted by molar-refractivity contribution is 0.660. The fraction of sp³-hybridized carbons (Fsp3) is 0.115. The molecular weight excluding hydrogens is 747 g/mol. The van der Waals surface area contributed by atoms with Crippen molar-refractivity contribution in [3.63, 3.8) is 0 Å². The zero-order valence-corrected chi connectivity index (χ0v) is 35.2. The Morgan fingerprint density at radius 2 is 0.661 bits per heavy atom. The van der Waals surface area contributed by atoms with Crippen molar-refractivity contribution in [3.8, 4) is 55.6 Å². The second-order valence-corrected chi connectivity index (χ2v) is 18.5. The summed E-state index contributed by atoms with van der Waals surface area (Å²) in [6.07, 6.45) is 0. The molecule has 0 fully saturated rings. The number of hydrogen-bond donors (Lipinski definition) is 0. The summed E-state index contributed by atoms with van der Waals surface area (Å²) < 4.78 is 39.8. The largest absolute Gasteiger partial charge is 0.310 e. The molecule has 0 aromatic heterocycles. The van der Waals surface area contributed by atoms with E-state index in [4.69, 9.17) is 0 Å². The maximum absolute atomic E-state index is 10.0. The zero-order chi connectivity index (χ0) is 45.0. The Kier molecular flexibility index (Phi) is 6.34. The molecule has 4 aliphatic carbocycles. The van der Waals surface area contributed by atoms with Crippen LogP contribution in [0.1, 0.15) is 77.7 Å². The minimum atomic E-state index is -0.605. The first kappa shape index (κ1) is 31.6. The Bertz CT molecular complexity index is 3420. The fourth-order valence-corrected chi connectivity index (χ4v) is 11.9. The minimum Gasteiger partial charge on any atom is -0.310 e. The summed E-state index contributed by atoms with van der Waals surface area (Å²) in [5.41, 5.74) is 20.6. The maximum atomic E-state index is 10.0. The molecule has 9 aromatic rings. The van der Waals surface area contributed by atoms with E-state index in [-0.39, 0.29) is 40.7 Å². The summed E-state index contributed by atoms with van der Waals surface area (Å²) in [4.78, 5) is 1.98. The molecule has 13 rings (SSSR count). The molecule has 0 atom stereocenters. The maximum Gasteiger partial charge on any atom is 0.0725 e. The van der Waals surface area contributed by atoms with Crippen LogP contribution in [0.4, 0.5) is 17.1 Å². The lowest BCUT2D eigenvalue weighted by atomic mass is 9.70. The van der Waals surface area contributed by atoms with Gasteiger partial charge in [0.1, 0.15) is 0 Å². The van der Waals surface area contributed by atoms with Crippen LogP contribution in [0.15, 0.2) is 200 Å². The second kappa shape index (κ2) is 12.4. The highest BCUT2D eigenvalue weighted by molar-refractivity contribution is 5.96. The molecule has 0 amide bonds. The highest BCUT2D eigenvalue weighted by atomic mass is 15.1. The molecule has 0 heterocycles. The first-order valence-electron chi connectivity index (χ1n) is 23.8. The van der Waals surface area contributed by atoms with Crippen LogP contribution in [-0.2, 0) is 16.2 Å². The van der Waals surface area contributed by atoms with Crippen molar-refractivity contribution in [2.45, 2.75) is 43.9 Å². The van der Waals surface area contributed by atoms with Gasteiger partial charge in [-0.15, -0.1) is 0 Å². The van der Waals surface area contributed by atoms with Crippen molar-refractivity contribution in [1.82, 2.24) is 0 Å². The van der Waals surface area contributed by atoms with Crippen LogP contribution in [0.5, 0.6) is 0 Å². The van der Waals surface area contributed by atoms with Crippen molar-refractivity contribution >= 4 is 17.1 Å². The molecule has 294 valence electrons. The fourth-order valence-electron chi connectivity index (χ4n) is 11.9. The topological polar surface area (TPSA) is 3.24 Å². The summed E-state index contributed by atoms with van der Waals surface area (Å²) in [7, 11) is 0. The number of anilines is 3. The smallest absolute Gasteiger partial charge is 0.0725 e. The normalized spacial score (nSPS) is 16.4. The van der Waals surface area contributed by atoms with E-state index in [1.165, 1.54) is 61.2 Å². The molecule has 0 saturated heterocycles. The van der Waals surface area contributed by atoms with Crippen molar-refractivity contribution < 1.29 is 5.48 Å². The Morgan fingerprint density at radius 3 is 1.11 bits per heavy atom. The van der Waals surface area contributed by atoms with Gasteiger partial charge in [0.15, 0.2) is 0 Å². The Balaban J connectivity index is 1.03. The highest BCUT2D eigenvalue weighted by Crippen LogP contribution is 2.63. The third-order valence-electron chi connectivity index (χ3n) is 14.8. The zero-order valence-electron chi connectivity index (χ0n) is 39.2. The molecule has 62 heavy (non-hydrogen) atoms. The molecule has 1 heteroatoms. The van der Waals surface area contributed by atoms with Gasteiger partial charge in [0.2, 0.25) is 0 Å². The molecule has 0 saturated carbocycles. The Labute approximate surface area is 370 Å². The van der Waals surface area contributed by atoms with E-state index in [1.54, 1.807) is 0 Å². The van der Waals surface area contributed by atoms with Crippen LogP contribution in [-0.4, -0.2) is 0 Å². The predicted molar refractivity (Wildman–Crippen MR) is 258 cm³/mol. The van der Waals surface area contributed by atoms with Crippen LogP contribution in [0, 0.1) is 0 Å². The van der Waals surface area contributed by atoms with Crippen LogP contribution in [0.2, 0.25) is 0 Å². The van der Waals surface area contributed by atoms with E-state index in [0.29, 0.717) is 11.1 Å². The van der Waals surface area contributed by atoms with E-state index < -0.39 is 5.41 Å². The van der Waals surface area contributed by atoms with Gasteiger partial charge < -0.3 is 4.90 Å². The summed E-state index contributed by atoms with van der Waals surface area (Å²) in [5.74, 6) is 0. The van der Waals surface area contributed by atoms with Crippen molar-refractivity contribution in [3.05, 3.63) is 245 Å². The van der Waals surface area contributed by atoms with Crippen LogP contribution < -0.4 is 4.90 Å². The van der Waals surface area contributed by atoms with Gasteiger partial charge in [-0.3, -0.25) is 0 Å². The Morgan fingerprint density at radius 1 is 0.306 bits per heavy atom. The van der Waals surface area contributed by atoms with Crippen LogP contribution in [0.3, 0.4) is 0 Å². The van der Waals surface area contributed by atoms with E-state index in [2.05, 4.69) is 198 Å². The lowest BCUT2D eigenvalue weighted by Gasteiger charge is -2.31. The molecular formula is C61H45N. The molecule has 0 radical (unpaired) electrons. The van der Waals surface area contributed by atoms with E-state index in [9.17, 15) is 5.48 Å². The number of rotatable bonds is 4. The molecule has 0 bridgehead atoms. The number of hydrogen-bond acceptors (Lipinski definition) is 1. The third-order valence-corrected chi connectivity index (χ3v) is 14.8.